The number of benzene rings is 2. The highest BCUT2D eigenvalue weighted by Gasteiger charge is 2.43. The standard InChI is InChI=1S/C25H24F2N2O5/c1-14-5-10-21(29-22(14)17-11-15(23(30)31)6-8-18(17)32-4)28-13-24(2,3)16-7-9-19-20(12-16)34-25(26,27)33-19/h5-12H,13H2,1-4H3,(H,28,29)(H,30,31). The summed E-state index contributed by atoms with van der Waals surface area (Å²) in [6.07, 6.45) is -3.66. The van der Waals surface area contributed by atoms with Gasteiger partial charge in [-0.1, -0.05) is 26.0 Å². The molecule has 1 aliphatic rings. The van der Waals surface area contributed by atoms with Gasteiger partial charge in [-0.2, -0.15) is 0 Å². The fourth-order valence-electron chi connectivity index (χ4n) is 3.71. The number of ether oxygens (including phenoxy) is 3. The summed E-state index contributed by atoms with van der Waals surface area (Å²) in [5.74, 6) is 0.0367. The third-order valence-corrected chi connectivity index (χ3v) is 5.69. The van der Waals surface area contributed by atoms with E-state index in [-0.39, 0.29) is 17.1 Å². The molecule has 1 aromatic heterocycles. The summed E-state index contributed by atoms with van der Waals surface area (Å²) in [6.45, 7) is 6.24. The number of hydrogen-bond donors (Lipinski definition) is 2. The van der Waals surface area contributed by atoms with Gasteiger partial charge in [-0.15, -0.1) is 8.78 Å². The average Bonchev–Trinajstić information content (AvgIpc) is 3.11. The number of aryl methyl sites for hydroxylation is 1. The summed E-state index contributed by atoms with van der Waals surface area (Å²) in [7, 11) is 1.51. The smallest absolute Gasteiger partial charge is 0.496 e. The molecule has 0 saturated heterocycles. The molecule has 0 aliphatic carbocycles. The summed E-state index contributed by atoms with van der Waals surface area (Å²) in [4.78, 5) is 16.2. The van der Waals surface area contributed by atoms with Crippen LogP contribution in [0.15, 0.2) is 48.5 Å². The number of methoxy groups -OCH3 is 1. The van der Waals surface area contributed by atoms with Crippen molar-refractivity contribution >= 4 is 11.8 Å². The Balaban J connectivity index is 1.58. The number of aromatic carboxylic acids is 1. The van der Waals surface area contributed by atoms with Gasteiger partial charge < -0.3 is 24.6 Å². The van der Waals surface area contributed by atoms with Crippen LogP contribution in [0.3, 0.4) is 0 Å². The first-order valence-electron chi connectivity index (χ1n) is 10.5. The number of hydrogen-bond acceptors (Lipinski definition) is 6. The zero-order valence-electron chi connectivity index (χ0n) is 19.1. The largest absolute Gasteiger partial charge is 0.586 e. The van der Waals surface area contributed by atoms with Crippen molar-refractivity contribution in [3.63, 3.8) is 0 Å². The number of alkyl halides is 2. The Hall–Kier alpha value is -3.88. The van der Waals surface area contributed by atoms with E-state index in [0.717, 1.165) is 11.1 Å². The van der Waals surface area contributed by atoms with Crippen LogP contribution in [0.2, 0.25) is 0 Å². The first-order chi connectivity index (χ1) is 16.0. The van der Waals surface area contributed by atoms with Gasteiger partial charge in [0.05, 0.1) is 18.4 Å². The van der Waals surface area contributed by atoms with Gasteiger partial charge in [-0.25, -0.2) is 9.78 Å². The van der Waals surface area contributed by atoms with E-state index >= 15 is 0 Å². The molecule has 0 saturated carbocycles. The first-order valence-corrected chi connectivity index (χ1v) is 10.5. The molecule has 0 amide bonds. The van der Waals surface area contributed by atoms with Gasteiger partial charge in [0.25, 0.3) is 0 Å². The molecule has 2 N–H and O–H groups in total. The highest BCUT2D eigenvalue weighted by Crippen LogP contribution is 2.43. The van der Waals surface area contributed by atoms with E-state index in [2.05, 4.69) is 14.8 Å². The van der Waals surface area contributed by atoms with Crippen LogP contribution in [0.1, 0.15) is 35.3 Å². The number of nitrogens with one attached hydrogen (secondary N) is 1. The molecule has 2 heterocycles. The summed E-state index contributed by atoms with van der Waals surface area (Å²) in [6, 6.07) is 13.1. The Kier molecular flexibility index (Phi) is 5.80. The van der Waals surface area contributed by atoms with Crippen LogP contribution in [0.25, 0.3) is 11.3 Å². The topological polar surface area (TPSA) is 89.9 Å². The van der Waals surface area contributed by atoms with Gasteiger partial charge in [0.15, 0.2) is 11.5 Å². The van der Waals surface area contributed by atoms with Gasteiger partial charge in [-0.05, 0) is 54.4 Å². The number of nitrogens with zero attached hydrogens (tertiary/aromatic N) is 1. The lowest BCUT2D eigenvalue weighted by atomic mass is 9.84. The second-order valence-electron chi connectivity index (χ2n) is 8.65. The van der Waals surface area contributed by atoms with Gasteiger partial charge in [0.1, 0.15) is 11.6 Å². The van der Waals surface area contributed by atoms with E-state index in [4.69, 9.17) is 9.72 Å². The first kappa shape index (κ1) is 23.3. The number of aromatic nitrogens is 1. The Morgan fingerprint density at radius 3 is 2.56 bits per heavy atom. The molecule has 0 radical (unpaired) electrons. The summed E-state index contributed by atoms with van der Waals surface area (Å²) in [5, 5.41) is 12.7. The van der Waals surface area contributed by atoms with Crippen molar-refractivity contribution in [1.82, 2.24) is 4.98 Å². The lowest BCUT2D eigenvalue weighted by molar-refractivity contribution is -0.286. The molecular formula is C25H24F2N2O5. The Labute approximate surface area is 195 Å². The zero-order valence-corrected chi connectivity index (χ0v) is 19.1. The Morgan fingerprint density at radius 1 is 1.12 bits per heavy atom. The molecule has 0 spiro atoms. The van der Waals surface area contributed by atoms with Crippen LogP contribution < -0.4 is 19.5 Å². The maximum Gasteiger partial charge on any atom is 0.586 e. The van der Waals surface area contributed by atoms with Crippen molar-refractivity contribution in [2.45, 2.75) is 32.5 Å². The molecule has 7 nitrogen and oxygen atoms in total. The second kappa shape index (κ2) is 8.48. The van der Waals surface area contributed by atoms with E-state index in [1.807, 2.05) is 32.9 Å². The Bertz CT molecular complexity index is 1260. The van der Waals surface area contributed by atoms with Crippen LogP contribution in [0, 0.1) is 6.92 Å². The molecular weight excluding hydrogens is 446 g/mol. The number of rotatable bonds is 7. The zero-order chi connectivity index (χ0) is 24.7. The lowest BCUT2D eigenvalue weighted by Gasteiger charge is -2.26. The number of fused-ring (bicyclic) bond motifs is 1. The number of halogens is 2. The van der Waals surface area contributed by atoms with Crippen LogP contribution in [0.5, 0.6) is 17.2 Å². The number of anilines is 1. The van der Waals surface area contributed by atoms with E-state index < -0.39 is 17.7 Å². The minimum Gasteiger partial charge on any atom is -0.496 e. The van der Waals surface area contributed by atoms with Crippen molar-refractivity contribution in [2.24, 2.45) is 0 Å². The van der Waals surface area contributed by atoms with E-state index in [9.17, 15) is 18.7 Å². The van der Waals surface area contributed by atoms with Gasteiger partial charge in [0, 0.05) is 17.5 Å². The van der Waals surface area contributed by atoms with Gasteiger partial charge in [-0.3, -0.25) is 0 Å². The van der Waals surface area contributed by atoms with E-state index in [1.165, 1.54) is 25.3 Å². The number of carbonyl (C=O) groups is 1. The molecule has 34 heavy (non-hydrogen) atoms. The number of pyridine rings is 1. The van der Waals surface area contributed by atoms with Crippen molar-refractivity contribution in [2.75, 3.05) is 19.0 Å². The molecule has 3 aromatic rings. The predicted molar refractivity (Wildman–Crippen MR) is 122 cm³/mol. The van der Waals surface area contributed by atoms with Crippen molar-refractivity contribution in [1.29, 1.82) is 0 Å². The molecule has 2 aromatic carbocycles. The van der Waals surface area contributed by atoms with Crippen molar-refractivity contribution in [3.05, 3.63) is 65.2 Å². The molecule has 4 rings (SSSR count). The summed E-state index contributed by atoms with van der Waals surface area (Å²) < 4.78 is 41.2. The SMILES string of the molecule is COc1ccc(C(=O)O)cc1-c1nc(NCC(C)(C)c2ccc3c(c2)OC(F)(F)O3)ccc1C. The number of carboxylic acids is 1. The maximum atomic E-state index is 13.4. The fraction of sp³-hybridized carbons (Fsp3) is 0.280. The molecule has 0 unspecified atom stereocenters. The van der Waals surface area contributed by atoms with Crippen LogP contribution in [-0.2, 0) is 5.41 Å². The summed E-state index contributed by atoms with van der Waals surface area (Å²) >= 11 is 0. The maximum absolute atomic E-state index is 13.4. The predicted octanol–water partition coefficient (Wildman–Crippen LogP) is 5.48. The van der Waals surface area contributed by atoms with E-state index in [0.29, 0.717) is 29.4 Å². The highest BCUT2D eigenvalue weighted by atomic mass is 19.3. The van der Waals surface area contributed by atoms with E-state index in [1.54, 1.807) is 18.2 Å². The minimum absolute atomic E-state index is 0.000101. The second-order valence-corrected chi connectivity index (χ2v) is 8.65. The molecule has 0 bridgehead atoms. The molecule has 178 valence electrons. The normalized spacial score (nSPS) is 14.1. The highest BCUT2D eigenvalue weighted by molar-refractivity contribution is 5.90. The molecule has 1 aliphatic heterocycles. The fourth-order valence-corrected chi connectivity index (χ4v) is 3.71. The monoisotopic (exact) mass is 470 g/mol. The summed E-state index contributed by atoms with van der Waals surface area (Å²) in [5.41, 5.74) is 2.45. The van der Waals surface area contributed by atoms with Crippen LogP contribution >= 0.6 is 0 Å². The van der Waals surface area contributed by atoms with Crippen molar-refractivity contribution in [3.8, 4) is 28.5 Å². The van der Waals surface area contributed by atoms with Crippen LogP contribution in [-0.4, -0.2) is 36.0 Å². The molecule has 9 heteroatoms. The Morgan fingerprint density at radius 2 is 1.85 bits per heavy atom. The van der Waals surface area contributed by atoms with Crippen molar-refractivity contribution < 1.29 is 32.9 Å². The molecule has 0 fully saturated rings. The number of carboxylic acid groups (broad SMARTS) is 1. The van der Waals surface area contributed by atoms with Gasteiger partial charge in [0.2, 0.25) is 0 Å². The average molecular weight is 470 g/mol. The third kappa shape index (κ3) is 4.59. The quantitative estimate of drug-likeness (QED) is 0.473. The van der Waals surface area contributed by atoms with Crippen LogP contribution in [0.4, 0.5) is 14.6 Å². The lowest BCUT2D eigenvalue weighted by Crippen LogP contribution is -2.28. The van der Waals surface area contributed by atoms with Gasteiger partial charge >= 0.3 is 12.3 Å². The third-order valence-electron chi connectivity index (χ3n) is 5.69. The molecule has 0 atom stereocenters. The minimum atomic E-state index is -3.66.